The van der Waals surface area contributed by atoms with E-state index < -0.39 is 17.5 Å². The predicted octanol–water partition coefficient (Wildman–Crippen LogP) is 4.71. The molecule has 0 spiro atoms. The summed E-state index contributed by atoms with van der Waals surface area (Å²) in [5, 5.41) is 4.82. The van der Waals surface area contributed by atoms with Gasteiger partial charge in [0.25, 0.3) is 5.91 Å². The molecule has 3 heterocycles. The van der Waals surface area contributed by atoms with Crippen molar-refractivity contribution in [3.05, 3.63) is 101 Å². The van der Waals surface area contributed by atoms with Gasteiger partial charge in [0.2, 0.25) is 0 Å². The summed E-state index contributed by atoms with van der Waals surface area (Å²) >= 11 is 0. The van der Waals surface area contributed by atoms with Crippen molar-refractivity contribution >= 4 is 5.91 Å². The fourth-order valence-electron chi connectivity index (χ4n) is 4.13. The quantitative estimate of drug-likeness (QED) is 0.484. The zero-order valence-corrected chi connectivity index (χ0v) is 17.1. The maximum absolute atomic E-state index is 14.2. The Bertz CT molecular complexity index is 1310. The second kappa shape index (κ2) is 7.19. The van der Waals surface area contributed by atoms with Crippen LogP contribution in [-0.4, -0.2) is 25.2 Å². The first-order chi connectivity index (χ1) is 14.9. The number of hydrogen-bond donors (Lipinski definition) is 0. The summed E-state index contributed by atoms with van der Waals surface area (Å²) in [6.45, 7) is 4.65. The Morgan fingerprint density at radius 2 is 1.77 bits per heavy atom. The Hall–Kier alpha value is -3.74. The lowest BCUT2D eigenvalue weighted by molar-refractivity contribution is 0.0744. The highest BCUT2D eigenvalue weighted by Crippen LogP contribution is 2.32. The van der Waals surface area contributed by atoms with Crippen LogP contribution < -0.4 is 0 Å². The molecule has 0 aliphatic carbocycles. The van der Waals surface area contributed by atoms with E-state index >= 15 is 0 Å². The average molecular weight is 418 g/mol. The fourth-order valence-corrected chi connectivity index (χ4v) is 4.13. The SMILES string of the molecule is Cc1ccc(-n2nc3c(c2-n2cccc2)CN(C(=O)c2ccc(F)cc2F)C3)c(C)c1. The molecule has 1 amide bonds. The number of benzene rings is 2. The maximum atomic E-state index is 14.2. The van der Waals surface area contributed by atoms with Crippen molar-refractivity contribution in [1.82, 2.24) is 19.2 Å². The van der Waals surface area contributed by atoms with Crippen LogP contribution in [0.2, 0.25) is 0 Å². The zero-order valence-electron chi connectivity index (χ0n) is 17.1. The number of fused-ring (bicyclic) bond motifs is 1. The third kappa shape index (κ3) is 3.22. The molecule has 0 saturated heterocycles. The second-order valence-corrected chi connectivity index (χ2v) is 7.83. The van der Waals surface area contributed by atoms with Gasteiger partial charge < -0.3 is 9.47 Å². The smallest absolute Gasteiger partial charge is 0.257 e. The van der Waals surface area contributed by atoms with Gasteiger partial charge in [-0.1, -0.05) is 17.7 Å². The first kappa shape index (κ1) is 19.2. The molecule has 5 nitrogen and oxygen atoms in total. The van der Waals surface area contributed by atoms with E-state index in [1.807, 2.05) is 59.8 Å². The van der Waals surface area contributed by atoms with Crippen LogP contribution in [0.3, 0.4) is 0 Å². The lowest BCUT2D eigenvalue weighted by Crippen LogP contribution is -2.27. The number of carbonyl (C=O) groups is 1. The number of halogens is 2. The molecule has 0 N–H and O–H groups in total. The van der Waals surface area contributed by atoms with Crippen LogP contribution in [0.15, 0.2) is 60.9 Å². The van der Waals surface area contributed by atoms with E-state index in [-0.39, 0.29) is 12.1 Å². The Labute approximate surface area is 178 Å². The third-order valence-corrected chi connectivity index (χ3v) is 5.61. The zero-order chi connectivity index (χ0) is 21.7. The molecule has 5 rings (SSSR count). The van der Waals surface area contributed by atoms with E-state index in [1.165, 1.54) is 16.5 Å². The lowest BCUT2D eigenvalue weighted by atomic mass is 10.1. The topological polar surface area (TPSA) is 43.1 Å². The summed E-state index contributed by atoms with van der Waals surface area (Å²) in [5.41, 5.74) is 4.76. The van der Waals surface area contributed by atoms with Gasteiger partial charge in [0, 0.05) is 24.0 Å². The van der Waals surface area contributed by atoms with Crippen LogP contribution in [0.25, 0.3) is 11.5 Å². The third-order valence-electron chi connectivity index (χ3n) is 5.61. The van der Waals surface area contributed by atoms with Gasteiger partial charge >= 0.3 is 0 Å². The normalized spacial score (nSPS) is 13.0. The van der Waals surface area contributed by atoms with Crippen molar-refractivity contribution in [1.29, 1.82) is 0 Å². The largest absolute Gasteiger partial charge is 0.328 e. The van der Waals surface area contributed by atoms with Crippen molar-refractivity contribution in [2.24, 2.45) is 0 Å². The second-order valence-electron chi connectivity index (χ2n) is 7.83. The maximum Gasteiger partial charge on any atom is 0.257 e. The molecule has 0 atom stereocenters. The molecule has 0 fully saturated rings. The summed E-state index contributed by atoms with van der Waals surface area (Å²) < 4.78 is 31.3. The standard InChI is InChI=1S/C24H20F2N4O/c1-15-5-8-22(16(2)11-15)30-23(28-9-3-4-10-28)19-13-29(14-21(19)27-30)24(31)18-7-6-17(25)12-20(18)26/h3-12H,13-14H2,1-2H3. The van der Waals surface area contributed by atoms with Crippen LogP contribution >= 0.6 is 0 Å². The molecule has 0 bridgehead atoms. The van der Waals surface area contributed by atoms with Crippen molar-refractivity contribution in [3.8, 4) is 11.5 Å². The summed E-state index contributed by atoms with van der Waals surface area (Å²) in [6, 6.07) is 13.1. The van der Waals surface area contributed by atoms with Crippen molar-refractivity contribution < 1.29 is 13.6 Å². The number of aryl methyl sites for hydroxylation is 2. The summed E-state index contributed by atoms with van der Waals surface area (Å²) in [5.74, 6) is -1.20. The number of rotatable bonds is 3. The van der Waals surface area contributed by atoms with Gasteiger partial charge in [0.15, 0.2) is 0 Å². The molecule has 2 aromatic carbocycles. The van der Waals surface area contributed by atoms with Gasteiger partial charge in [0.1, 0.15) is 17.5 Å². The van der Waals surface area contributed by atoms with Crippen molar-refractivity contribution in [2.75, 3.05) is 0 Å². The molecule has 0 radical (unpaired) electrons. The lowest BCUT2D eigenvalue weighted by Gasteiger charge is -2.18. The molecule has 0 saturated carbocycles. The van der Waals surface area contributed by atoms with Crippen LogP contribution in [0.4, 0.5) is 8.78 Å². The Balaban J connectivity index is 1.56. The molecular weight excluding hydrogens is 398 g/mol. The van der Waals surface area contributed by atoms with Gasteiger partial charge in [-0.3, -0.25) is 4.79 Å². The van der Waals surface area contributed by atoms with Gasteiger partial charge in [-0.25, -0.2) is 13.5 Å². The van der Waals surface area contributed by atoms with Gasteiger partial charge in [-0.05, 0) is 49.7 Å². The molecule has 156 valence electrons. The number of aromatic nitrogens is 3. The molecule has 1 aliphatic heterocycles. The van der Waals surface area contributed by atoms with Gasteiger partial charge in [-0.2, -0.15) is 5.10 Å². The van der Waals surface area contributed by atoms with Gasteiger partial charge in [0.05, 0.1) is 30.0 Å². The minimum absolute atomic E-state index is 0.142. The Kier molecular flexibility index (Phi) is 4.46. The van der Waals surface area contributed by atoms with E-state index in [9.17, 15) is 13.6 Å². The molecule has 2 aromatic heterocycles. The fraction of sp³-hybridized carbons (Fsp3) is 0.167. The minimum Gasteiger partial charge on any atom is -0.328 e. The first-order valence-electron chi connectivity index (χ1n) is 9.98. The molecule has 1 aliphatic rings. The molecular formula is C24H20F2N4O. The van der Waals surface area contributed by atoms with E-state index in [0.29, 0.717) is 6.54 Å². The highest BCUT2D eigenvalue weighted by Gasteiger charge is 2.33. The molecule has 0 unspecified atom stereocenters. The van der Waals surface area contributed by atoms with Crippen LogP contribution in [0.1, 0.15) is 32.7 Å². The van der Waals surface area contributed by atoms with E-state index in [1.54, 1.807) is 0 Å². The number of hydrogen-bond acceptors (Lipinski definition) is 2. The van der Waals surface area contributed by atoms with Gasteiger partial charge in [-0.15, -0.1) is 0 Å². The number of nitrogens with zero attached hydrogens (tertiary/aromatic N) is 4. The highest BCUT2D eigenvalue weighted by molar-refractivity contribution is 5.94. The van der Waals surface area contributed by atoms with Crippen molar-refractivity contribution in [3.63, 3.8) is 0 Å². The first-order valence-corrected chi connectivity index (χ1v) is 9.98. The summed E-state index contributed by atoms with van der Waals surface area (Å²) in [4.78, 5) is 14.4. The van der Waals surface area contributed by atoms with E-state index in [0.717, 1.165) is 40.5 Å². The highest BCUT2D eigenvalue weighted by atomic mass is 19.1. The number of carbonyl (C=O) groups excluding carboxylic acids is 1. The van der Waals surface area contributed by atoms with E-state index in [4.69, 9.17) is 5.10 Å². The molecule has 7 heteroatoms. The Morgan fingerprint density at radius 3 is 2.48 bits per heavy atom. The predicted molar refractivity (Wildman–Crippen MR) is 112 cm³/mol. The van der Waals surface area contributed by atoms with E-state index in [2.05, 4.69) is 6.07 Å². The van der Waals surface area contributed by atoms with Crippen LogP contribution in [0.5, 0.6) is 0 Å². The monoisotopic (exact) mass is 418 g/mol. The van der Waals surface area contributed by atoms with Crippen LogP contribution in [-0.2, 0) is 13.1 Å². The number of amides is 1. The molecule has 31 heavy (non-hydrogen) atoms. The minimum atomic E-state index is -0.861. The average Bonchev–Trinajstić information content (AvgIpc) is 3.43. The summed E-state index contributed by atoms with van der Waals surface area (Å²) in [6.07, 6.45) is 3.86. The summed E-state index contributed by atoms with van der Waals surface area (Å²) in [7, 11) is 0. The van der Waals surface area contributed by atoms with Crippen LogP contribution in [0, 0.1) is 25.5 Å². The molecule has 4 aromatic rings. The van der Waals surface area contributed by atoms with Crippen molar-refractivity contribution in [2.45, 2.75) is 26.9 Å². The Morgan fingerprint density at radius 1 is 1.00 bits per heavy atom.